The van der Waals surface area contributed by atoms with E-state index in [-0.39, 0.29) is 11.8 Å². The van der Waals surface area contributed by atoms with Gasteiger partial charge in [0.05, 0.1) is 17.4 Å². The molecular formula is C12H18ClN3O. The Morgan fingerprint density at radius 3 is 2.76 bits per heavy atom. The second-order valence-corrected chi connectivity index (χ2v) is 4.55. The first kappa shape index (κ1) is 13.9. The molecule has 1 rings (SSSR count). The van der Waals surface area contributed by atoms with Crippen molar-refractivity contribution in [3.63, 3.8) is 0 Å². The van der Waals surface area contributed by atoms with Gasteiger partial charge in [-0.3, -0.25) is 4.79 Å². The normalized spacial score (nSPS) is 14.2. The van der Waals surface area contributed by atoms with Gasteiger partial charge in [0.25, 0.3) is 0 Å². The molecule has 0 saturated carbocycles. The molecule has 17 heavy (non-hydrogen) atoms. The molecule has 0 aliphatic carbocycles. The lowest BCUT2D eigenvalue weighted by atomic mass is 9.99. The van der Waals surface area contributed by atoms with Crippen LogP contribution in [-0.2, 0) is 4.79 Å². The Morgan fingerprint density at radius 1 is 1.59 bits per heavy atom. The highest BCUT2D eigenvalue weighted by molar-refractivity contribution is 6.29. The van der Waals surface area contributed by atoms with Crippen LogP contribution in [0.1, 0.15) is 26.0 Å². The Balaban J connectivity index is 2.74. The Labute approximate surface area is 107 Å². The van der Waals surface area contributed by atoms with Gasteiger partial charge in [-0.25, -0.2) is 4.98 Å². The molecular weight excluding hydrogens is 238 g/mol. The number of aromatic nitrogens is 1. The van der Waals surface area contributed by atoms with E-state index in [0.717, 1.165) is 6.42 Å². The van der Waals surface area contributed by atoms with Crippen LogP contribution in [0.3, 0.4) is 0 Å². The molecule has 0 radical (unpaired) electrons. The van der Waals surface area contributed by atoms with Crippen LogP contribution >= 0.6 is 11.6 Å². The quantitative estimate of drug-likeness (QED) is 0.812. The van der Waals surface area contributed by atoms with E-state index < -0.39 is 6.04 Å². The van der Waals surface area contributed by atoms with Gasteiger partial charge in [0, 0.05) is 0 Å². The zero-order valence-electron chi connectivity index (χ0n) is 10.3. The minimum Gasteiger partial charge on any atom is -0.323 e. The first-order valence-corrected chi connectivity index (χ1v) is 6.03. The van der Waals surface area contributed by atoms with Crippen LogP contribution in [0.15, 0.2) is 12.1 Å². The summed E-state index contributed by atoms with van der Waals surface area (Å²) in [6.45, 7) is 5.75. The van der Waals surface area contributed by atoms with Crippen molar-refractivity contribution < 1.29 is 4.79 Å². The van der Waals surface area contributed by atoms with Gasteiger partial charge in [0.1, 0.15) is 5.15 Å². The van der Waals surface area contributed by atoms with Crippen molar-refractivity contribution in [2.75, 3.05) is 5.32 Å². The van der Waals surface area contributed by atoms with Crippen LogP contribution in [0.4, 0.5) is 5.69 Å². The largest absolute Gasteiger partial charge is 0.323 e. The lowest BCUT2D eigenvalue weighted by Gasteiger charge is -2.18. The molecule has 0 aliphatic rings. The summed E-state index contributed by atoms with van der Waals surface area (Å²) in [6.07, 6.45) is 0.867. The summed E-state index contributed by atoms with van der Waals surface area (Å²) in [5, 5.41) is 3.18. The molecule has 4 nitrogen and oxygen atoms in total. The number of anilines is 1. The molecule has 5 heteroatoms. The molecule has 0 bridgehead atoms. The first-order chi connectivity index (χ1) is 7.95. The topological polar surface area (TPSA) is 68.0 Å². The van der Waals surface area contributed by atoms with Gasteiger partial charge in [-0.2, -0.15) is 0 Å². The van der Waals surface area contributed by atoms with E-state index in [2.05, 4.69) is 10.3 Å². The fraction of sp³-hybridized carbons (Fsp3) is 0.500. The fourth-order valence-electron chi connectivity index (χ4n) is 1.39. The van der Waals surface area contributed by atoms with Crippen LogP contribution in [0.5, 0.6) is 0 Å². The average molecular weight is 256 g/mol. The molecule has 1 amide bonds. The number of halogens is 1. The van der Waals surface area contributed by atoms with E-state index in [9.17, 15) is 4.79 Å². The van der Waals surface area contributed by atoms with Gasteiger partial charge >= 0.3 is 0 Å². The van der Waals surface area contributed by atoms with Crippen LogP contribution in [-0.4, -0.2) is 16.9 Å². The molecule has 1 aromatic rings. The number of carbonyl (C=O) groups is 1. The number of aryl methyl sites for hydroxylation is 1. The number of nitrogens with zero attached hydrogens (tertiary/aromatic N) is 1. The molecule has 94 valence electrons. The second-order valence-electron chi connectivity index (χ2n) is 4.17. The average Bonchev–Trinajstić information content (AvgIpc) is 2.30. The Bertz CT molecular complexity index is 409. The molecule has 0 saturated heterocycles. The van der Waals surface area contributed by atoms with Gasteiger partial charge in [-0.05, 0) is 25.0 Å². The van der Waals surface area contributed by atoms with Crippen molar-refractivity contribution in [2.45, 2.75) is 33.2 Å². The maximum Gasteiger partial charge on any atom is 0.241 e. The van der Waals surface area contributed by atoms with Gasteiger partial charge < -0.3 is 11.1 Å². The third-order valence-electron chi connectivity index (χ3n) is 2.87. The van der Waals surface area contributed by atoms with E-state index in [0.29, 0.717) is 16.5 Å². The zero-order chi connectivity index (χ0) is 13.0. The van der Waals surface area contributed by atoms with Crippen molar-refractivity contribution in [3.8, 4) is 0 Å². The summed E-state index contributed by atoms with van der Waals surface area (Å²) in [5.41, 5.74) is 7.17. The third kappa shape index (κ3) is 3.68. The Morgan fingerprint density at radius 2 is 2.24 bits per heavy atom. The summed E-state index contributed by atoms with van der Waals surface area (Å²) >= 11 is 5.74. The van der Waals surface area contributed by atoms with Crippen molar-refractivity contribution in [2.24, 2.45) is 11.7 Å². The van der Waals surface area contributed by atoms with Crippen molar-refractivity contribution in [1.29, 1.82) is 0 Å². The number of carbonyl (C=O) groups excluding carboxylic acids is 1. The number of pyridine rings is 1. The van der Waals surface area contributed by atoms with Crippen LogP contribution in [0, 0.1) is 12.8 Å². The van der Waals surface area contributed by atoms with Gasteiger partial charge in [-0.1, -0.05) is 31.9 Å². The molecule has 0 spiro atoms. The molecule has 1 aromatic heterocycles. The SMILES string of the molecule is CC[C@H](C)[C@H](N)C(=O)Nc1ccc(Cl)nc1C. The number of hydrogen-bond acceptors (Lipinski definition) is 3. The lowest BCUT2D eigenvalue weighted by molar-refractivity contribution is -0.118. The third-order valence-corrected chi connectivity index (χ3v) is 3.08. The monoisotopic (exact) mass is 255 g/mol. The Hall–Kier alpha value is -1.13. The van der Waals surface area contributed by atoms with E-state index in [4.69, 9.17) is 17.3 Å². The van der Waals surface area contributed by atoms with Crippen LogP contribution < -0.4 is 11.1 Å². The highest BCUT2D eigenvalue weighted by Gasteiger charge is 2.19. The smallest absolute Gasteiger partial charge is 0.241 e. The van der Waals surface area contributed by atoms with Crippen molar-refractivity contribution >= 4 is 23.2 Å². The standard InChI is InChI=1S/C12H18ClN3O/c1-4-7(2)11(14)12(17)16-9-5-6-10(13)15-8(9)3/h5-7,11H,4,14H2,1-3H3,(H,16,17)/t7-,11-/m0/s1. The molecule has 1 heterocycles. The highest BCUT2D eigenvalue weighted by Crippen LogP contribution is 2.16. The van der Waals surface area contributed by atoms with Crippen LogP contribution in [0.25, 0.3) is 0 Å². The number of nitrogens with two attached hydrogens (primary N) is 1. The van der Waals surface area contributed by atoms with Crippen molar-refractivity contribution in [1.82, 2.24) is 4.98 Å². The van der Waals surface area contributed by atoms with E-state index in [1.165, 1.54) is 0 Å². The number of hydrogen-bond donors (Lipinski definition) is 2. The predicted molar refractivity (Wildman–Crippen MR) is 70.0 cm³/mol. The minimum absolute atomic E-state index is 0.149. The van der Waals surface area contributed by atoms with E-state index in [1.807, 2.05) is 13.8 Å². The van der Waals surface area contributed by atoms with Crippen molar-refractivity contribution in [3.05, 3.63) is 23.0 Å². The minimum atomic E-state index is -0.505. The predicted octanol–water partition coefficient (Wildman–Crippen LogP) is 2.36. The van der Waals surface area contributed by atoms with Crippen LogP contribution in [0.2, 0.25) is 5.15 Å². The maximum atomic E-state index is 11.9. The van der Waals surface area contributed by atoms with E-state index in [1.54, 1.807) is 19.1 Å². The molecule has 2 atom stereocenters. The number of amides is 1. The second kappa shape index (κ2) is 5.98. The zero-order valence-corrected chi connectivity index (χ0v) is 11.1. The molecule has 3 N–H and O–H groups in total. The number of rotatable bonds is 4. The van der Waals surface area contributed by atoms with Gasteiger partial charge in [0.15, 0.2) is 0 Å². The number of nitrogens with one attached hydrogen (secondary N) is 1. The molecule has 0 aromatic carbocycles. The molecule has 0 aliphatic heterocycles. The lowest BCUT2D eigenvalue weighted by Crippen LogP contribution is -2.40. The van der Waals surface area contributed by atoms with Gasteiger partial charge in [-0.15, -0.1) is 0 Å². The highest BCUT2D eigenvalue weighted by atomic mass is 35.5. The van der Waals surface area contributed by atoms with E-state index >= 15 is 0 Å². The molecule has 0 fully saturated rings. The van der Waals surface area contributed by atoms with Gasteiger partial charge in [0.2, 0.25) is 5.91 Å². The summed E-state index contributed by atoms with van der Waals surface area (Å²) in [7, 11) is 0. The molecule has 0 unspecified atom stereocenters. The summed E-state index contributed by atoms with van der Waals surface area (Å²) in [6, 6.07) is 2.86. The maximum absolute atomic E-state index is 11.9. The summed E-state index contributed by atoms with van der Waals surface area (Å²) in [4.78, 5) is 15.9. The fourth-order valence-corrected chi connectivity index (χ4v) is 1.58. The summed E-state index contributed by atoms with van der Waals surface area (Å²) < 4.78 is 0. The summed E-state index contributed by atoms with van der Waals surface area (Å²) in [5.74, 6) is -0.0397. The Kier molecular flexibility index (Phi) is 4.90. The first-order valence-electron chi connectivity index (χ1n) is 5.65.